The summed E-state index contributed by atoms with van der Waals surface area (Å²) >= 11 is 1.40. The molecule has 0 saturated heterocycles. The number of aromatic nitrogens is 4. The van der Waals surface area contributed by atoms with Crippen molar-refractivity contribution in [2.45, 2.75) is 156 Å². The normalized spacial score (nSPS) is 21.4. The first-order chi connectivity index (χ1) is 47.9. The maximum atomic E-state index is 14.0. The number of benzene rings is 3. The molecule has 4 saturated carbocycles. The number of carboxylic acids is 1. The van der Waals surface area contributed by atoms with E-state index in [0.717, 1.165) is 64.0 Å². The van der Waals surface area contributed by atoms with Gasteiger partial charge in [-0.3, -0.25) is 53.0 Å². The van der Waals surface area contributed by atoms with E-state index < -0.39 is 69.4 Å². The standard InChI is InChI=1S/C72H86N12O15S2/c1-43(2)60(79-57(85)18-9-8-12-28-83-58(86)25-26-59(83)87)64(90)74-44(3)62(88)75-48-21-19-46(20-22-48)34-98-68(94)77-54(35-101(95,96)97)65(91)81(7)30-31-99-72-39-69(5)36-70(6,40-72)38-71(37-69,41-72)42-84-45(4)51(32-73-84)49-23-24-56(78-61(49)66(92)93)82-29-27-47-14-13-15-50(52(47)33-82)63(89)80-67-76-53-16-10-11-17-55(53)100-67/h10-11,13-17,19-26,32,43-44,54,60H,8-9,12,18,27-31,33-42H2,1-7H3,(H,74,90)(H,75,88)(H,77,94)(H,79,85)(H,92,93)(H,76,80,89)(H,95,96,97)/t44-,54-,60-,69?,70?,71?,72?/m0/s1. The molecule has 0 spiro atoms. The number of anilines is 3. The van der Waals surface area contributed by atoms with Crippen LogP contribution in [0.2, 0.25) is 0 Å². The molecule has 4 bridgehead atoms. The minimum Gasteiger partial charge on any atom is -0.476 e. The smallest absolute Gasteiger partial charge is 0.408 e. The summed E-state index contributed by atoms with van der Waals surface area (Å²) in [5.41, 5.74) is 4.63. The van der Waals surface area contributed by atoms with Crippen LogP contribution in [0.25, 0.3) is 21.3 Å². The van der Waals surface area contributed by atoms with Crippen molar-refractivity contribution in [2.75, 3.05) is 54.6 Å². The average molecular weight is 1420 g/mol. The van der Waals surface area contributed by atoms with Crippen LogP contribution < -0.4 is 31.5 Å². The highest BCUT2D eigenvalue weighted by molar-refractivity contribution is 7.85. The van der Waals surface area contributed by atoms with E-state index in [4.69, 9.17) is 19.6 Å². The number of nitrogens with zero attached hydrogens (tertiary/aromatic N) is 7. The molecule has 7 N–H and O–H groups in total. The van der Waals surface area contributed by atoms with Crippen LogP contribution in [0, 0.1) is 29.1 Å². The van der Waals surface area contributed by atoms with E-state index >= 15 is 0 Å². The number of carbonyl (C=O) groups excluding carboxylic acids is 8. The summed E-state index contributed by atoms with van der Waals surface area (Å²) in [6.45, 7) is 13.0. The van der Waals surface area contributed by atoms with E-state index in [9.17, 15) is 61.2 Å². The molecule has 2 aliphatic heterocycles. The van der Waals surface area contributed by atoms with Gasteiger partial charge in [0.25, 0.3) is 27.8 Å². The minimum absolute atomic E-state index is 0.0111. The molecule has 27 nitrogen and oxygen atoms in total. The van der Waals surface area contributed by atoms with E-state index in [1.165, 1.54) is 54.5 Å². The number of pyridine rings is 1. The molecule has 12 rings (SSSR count). The van der Waals surface area contributed by atoms with Gasteiger partial charge in [-0.25, -0.2) is 19.6 Å². The van der Waals surface area contributed by atoms with Crippen molar-refractivity contribution in [3.8, 4) is 11.1 Å². The molecule has 4 fully saturated rings. The third-order valence-corrected chi connectivity index (χ3v) is 21.7. The van der Waals surface area contributed by atoms with Crippen LogP contribution >= 0.6 is 11.3 Å². The van der Waals surface area contributed by atoms with Crippen molar-refractivity contribution >= 4 is 102 Å². The maximum absolute atomic E-state index is 14.0. The zero-order chi connectivity index (χ0) is 72.3. The van der Waals surface area contributed by atoms with E-state index in [-0.39, 0.29) is 84.2 Å². The molecule has 536 valence electrons. The zero-order valence-electron chi connectivity index (χ0n) is 57.6. The number of para-hydroxylation sites is 1. The molecule has 6 aromatic rings. The second-order valence-corrected chi connectivity index (χ2v) is 31.4. The van der Waals surface area contributed by atoms with Gasteiger partial charge in [0, 0.05) is 86.4 Å². The lowest BCUT2D eigenvalue weighted by molar-refractivity contribution is -0.248. The maximum Gasteiger partial charge on any atom is 0.408 e. The van der Waals surface area contributed by atoms with E-state index in [1.807, 2.05) is 59.0 Å². The molecule has 5 atom stereocenters. The monoisotopic (exact) mass is 1420 g/mol. The zero-order valence-corrected chi connectivity index (χ0v) is 59.3. The molecule has 0 radical (unpaired) electrons. The first-order valence-corrected chi connectivity index (χ1v) is 36.4. The van der Waals surface area contributed by atoms with Gasteiger partial charge in [-0.05, 0) is 153 Å². The number of likely N-dealkylation sites (N-methyl/N-ethyl adjacent to an activating group) is 1. The second kappa shape index (κ2) is 29.6. The number of amides is 8. The fourth-order valence-electron chi connectivity index (χ4n) is 16.4. The number of rotatable bonds is 29. The van der Waals surface area contributed by atoms with Crippen molar-refractivity contribution in [1.29, 1.82) is 0 Å². The summed E-state index contributed by atoms with van der Waals surface area (Å²) in [4.78, 5) is 131. The molecule has 6 aliphatic rings. The largest absolute Gasteiger partial charge is 0.476 e. The Kier molecular flexibility index (Phi) is 21.4. The molecule has 3 aromatic carbocycles. The number of alkyl carbamates (subject to hydrolysis) is 1. The van der Waals surface area contributed by atoms with Gasteiger partial charge in [-0.2, -0.15) is 13.5 Å². The molecule has 2 unspecified atom stereocenters. The van der Waals surface area contributed by atoms with E-state index in [1.54, 1.807) is 44.3 Å². The quantitative estimate of drug-likeness (QED) is 0.0132. The number of fused-ring (bicyclic) bond motifs is 2. The van der Waals surface area contributed by atoms with Crippen LogP contribution in [0.4, 0.5) is 21.4 Å². The fourth-order valence-corrected chi connectivity index (χ4v) is 17.9. The predicted octanol–water partition coefficient (Wildman–Crippen LogP) is 8.22. The topological polar surface area (TPSA) is 360 Å². The van der Waals surface area contributed by atoms with Gasteiger partial charge in [0.2, 0.25) is 23.6 Å². The Morgan fingerprint density at radius 3 is 2.21 bits per heavy atom. The number of thiazole rings is 1. The van der Waals surface area contributed by atoms with E-state index in [0.29, 0.717) is 90.6 Å². The Labute approximate surface area is 589 Å². The molecule has 4 aliphatic carbocycles. The Morgan fingerprint density at radius 1 is 0.792 bits per heavy atom. The number of hydrogen-bond donors (Lipinski definition) is 7. The molecule has 29 heteroatoms. The lowest BCUT2D eigenvalue weighted by atomic mass is 9.39. The van der Waals surface area contributed by atoms with Crippen LogP contribution in [0.15, 0.2) is 97.2 Å². The highest BCUT2D eigenvalue weighted by Gasteiger charge is 2.66. The second-order valence-electron chi connectivity index (χ2n) is 28.9. The number of carboxylic acid groups (broad SMARTS) is 1. The Hall–Kier alpha value is -9.45. The lowest BCUT2D eigenvalue weighted by Gasteiger charge is -2.69. The summed E-state index contributed by atoms with van der Waals surface area (Å²) in [5.74, 6) is -5.49. The summed E-state index contributed by atoms with van der Waals surface area (Å²) in [6.07, 6.45) is 10.3. The Balaban J connectivity index is 0.658. The van der Waals surface area contributed by atoms with Crippen molar-refractivity contribution in [3.05, 3.63) is 131 Å². The van der Waals surface area contributed by atoms with Crippen molar-refractivity contribution in [1.82, 2.24) is 45.5 Å². The highest BCUT2D eigenvalue weighted by Crippen LogP contribution is 2.72. The van der Waals surface area contributed by atoms with Gasteiger partial charge in [0.1, 0.15) is 36.3 Å². The molecule has 3 aromatic heterocycles. The fraction of sp³-hybridized carbons (Fsp3) is 0.472. The summed E-state index contributed by atoms with van der Waals surface area (Å²) in [5, 5.41) is 29.5. The number of carbonyl (C=O) groups is 9. The molecule has 8 amide bonds. The van der Waals surface area contributed by atoms with Crippen molar-refractivity contribution < 1.29 is 70.7 Å². The van der Waals surface area contributed by atoms with Crippen molar-refractivity contribution in [3.63, 3.8) is 0 Å². The Morgan fingerprint density at radius 2 is 1.51 bits per heavy atom. The van der Waals surface area contributed by atoms with Gasteiger partial charge < -0.3 is 45.6 Å². The number of unbranched alkanes of at least 4 members (excludes halogenated alkanes) is 2. The molecule has 5 heterocycles. The minimum atomic E-state index is -4.80. The van der Waals surface area contributed by atoms with Crippen LogP contribution in [0.5, 0.6) is 0 Å². The highest BCUT2D eigenvalue weighted by atomic mass is 32.2. The SMILES string of the molecule is Cc1c(-c2ccc(N3CCc4cccc(C(=O)Nc5nc6ccccc6s5)c4C3)nc2C(=O)O)cnn1CC12CC3(C)CC(C)(C1)CC(OCCN(C)C(=O)[C@H](CS(=O)(=O)O)NC(=O)OCc1ccc(NC(=O)[C@H](C)NC(=O)[C@@H](NC(=O)CCCCCN4C(=O)C=CC4=O)C(C)C)cc1)(C3)C2. The first kappa shape index (κ1) is 72.8. The average Bonchev–Trinajstić information content (AvgIpc) is 0.922. The van der Waals surface area contributed by atoms with E-state index in [2.05, 4.69) is 45.4 Å². The number of nitrogens with one attached hydrogen (secondary N) is 5. The first-order valence-electron chi connectivity index (χ1n) is 34.0. The predicted molar refractivity (Wildman–Crippen MR) is 376 cm³/mol. The molecular weight excluding hydrogens is 1340 g/mol. The van der Waals surface area contributed by atoms with Gasteiger partial charge in [0.15, 0.2) is 10.8 Å². The third-order valence-electron chi connectivity index (χ3n) is 19.9. The number of ether oxygens (including phenoxy) is 2. The van der Waals surface area contributed by atoms with Crippen LogP contribution in [-0.4, -0.2) is 164 Å². The summed E-state index contributed by atoms with van der Waals surface area (Å²) in [6, 6.07) is 19.4. The van der Waals surface area contributed by atoms with Crippen LogP contribution in [0.1, 0.15) is 142 Å². The number of aromatic carboxylic acids is 1. The van der Waals surface area contributed by atoms with Crippen LogP contribution in [-0.2, 0) is 74.5 Å². The summed E-state index contributed by atoms with van der Waals surface area (Å²) in [7, 11) is -3.36. The number of hydrogen-bond acceptors (Lipinski definition) is 18. The molecule has 101 heavy (non-hydrogen) atoms. The number of imide groups is 1. The Bertz CT molecular complexity index is 4310. The van der Waals surface area contributed by atoms with Gasteiger partial charge in [-0.1, -0.05) is 81.9 Å². The van der Waals surface area contributed by atoms with Gasteiger partial charge >= 0.3 is 12.1 Å². The lowest BCUT2D eigenvalue weighted by Crippen LogP contribution is -2.64. The molecular formula is C72H86N12O15S2. The van der Waals surface area contributed by atoms with Crippen molar-refractivity contribution in [2.24, 2.45) is 22.2 Å². The van der Waals surface area contributed by atoms with Gasteiger partial charge in [0.05, 0.1) is 28.6 Å². The van der Waals surface area contributed by atoms with Gasteiger partial charge in [-0.15, -0.1) is 0 Å². The van der Waals surface area contributed by atoms with Crippen LogP contribution in [0.3, 0.4) is 0 Å². The summed E-state index contributed by atoms with van der Waals surface area (Å²) < 4.78 is 49.7. The third kappa shape index (κ3) is 17.1.